The molecule has 0 aliphatic heterocycles. The van der Waals surface area contributed by atoms with Crippen molar-refractivity contribution in [3.63, 3.8) is 0 Å². The van der Waals surface area contributed by atoms with Crippen molar-refractivity contribution in [3.8, 4) is 11.5 Å². The quantitative estimate of drug-likeness (QED) is 0.801. The van der Waals surface area contributed by atoms with Crippen LogP contribution in [0.25, 0.3) is 22.6 Å². The van der Waals surface area contributed by atoms with Crippen LogP contribution in [0.3, 0.4) is 0 Å². The van der Waals surface area contributed by atoms with Gasteiger partial charge >= 0.3 is 0 Å². The second-order valence-electron chi connectivity index (χ2n) is 5.05. The number of methoxy groups -OCH3 is 1. The van der Waals surface area contributed by atoms with Gasteiger partial charge in [-0.05, 0) is 48.9 Å². The number of anilines is 1. The van der Waals surface area contributed by atoms with Gasteiger partial charge in [0.15, 0.2) is 5.58 Å². The monoisotopic (exact) mass is 296 g/mol. The zero-order valence-corrected chi connectivity index (χ0v) is 12.4. The summed E-state index contributed by atoms with van der Waals surface area (Å²) in [6.45, 7) is 2.05. The van der Waals surface area contributed by atoms with E-state index in [1.165, 1.54) is 7.11 Å². The SMILES string of the molecule is COCC(=O)Nc1ccc(-c2nc3cc(C)ccc3o2)cc1. The first kappa shape index (κ1) is 14.3. The summed E-state index contributed by atoms with van der Waals surface area (Å²) in [6.07, 6.45) is 0. The summed E-state index contributed by atoms with van der Waals surface area (Å²) < 4.78 is 10.5. The Bertz CT molecular complexity index is 806. The highest BCUT2D eigenvalue weighted by atomic mass is 16.5. The van der Waals surface area contributed by atoms with E-state index < -0.39 is 0 Å². The minimum absolute atomic E-state index is 0.0340. The average Bonchev–Trinajstić information content (AvgIpc) is 2.91. The van der Waals surface area contributed by atoms with Crippen molar-refractivity contribution in [1.29, 1.82) is 0 Å². The van der Waals surface area contributed by atoms with Gasteiger partial charge in [0, 0.05) is 18.4 Å². The number of carbonyl (C=O) groups excluding carboxylic acids is 1. The first-order valence-corrected chi connectivity index (χ1v) is 6.92. The number of ether oxygens (including phenoxy) is 1. The first-order valence-electron chi connectivity index (χ1n) is 6.92. The van der Waals surface area contributed by atoms with Crippen molar-refractivity contribution in [3.05, 3.63) is 48.0 Å². The second-order valence-corrected chi connectivity index (χ2v) is 5.05. The third kappa shape index (κ3) is 2.99. The van der Waals surface area contributed by atoms with Crippen LogP contribution in [-0.4, -0.2) is 24.6 Å². The van der Waals surface area contributed by atoms with Crippen molar-refractivity contribution >= 4 is 22.7 Å². The van der Waals surface area contributed by atoms with Crippen LogP contribution in [0.4, 0.5) is 5.69 Å². The minimum Gasteiger partial charge on any atom is -0.436 e. The van der Waals surface area contributed by atoms with Crippen LogP contribution in [0.15, 0.2) is 46.9 Å². The maximum Gasteiger partial charge on any atom is 0.250 e. The van der Waals surface area contributed by atoms with Crippen molar-refractivity contribution in [1.82, 2.24) is 4.98 Å². The zero-order valence-electron chi connectivity index (χ0n) is 12.4. The molecule has 0 saturated heterocycles. The molecule has 3 aromatic rings. The van der Waals surface area contributed by atoms with E-state index in [9.17, 15) is 4.79 Å². The van der Waals surface area contributed by atoms with E-state index in [1.807, 2.05) is 49.4 Å². The normalized spacial score (nSPS) is 10.8. The number of fused-ring (bicyclic) bond motifs is 1. The number of oxazole rings is 1. The van der Waals surface area contributed by atoms with Crippen molar-refractivity contribution in [2.75, 3.05) is 19.0 Å². The fourth-order valence-electron chi connectivity index (χ4n) is 2.19. The van der Waals surface area contributed by atoms with Gasteiger partial charge in [-0.3, -0.25) is 4.79 Å². The van der Waals surface area contributed by atoms with Crippen LogP contribution in [0.5, 0.6) is 0 Å². The molecule has 0 unspecified atom stereocenters. The van der Waals surface area contributed by atoms with Crippen LogP contribution in [0.1, 0.15) is 5.56 Å². The highest BCUT2D eigenvalue weighted by Gasteiger charge is 2.09. The van der Waals surface area contributed by atoms with E-state index in [0.717, 1.165) is 22.2 Å². The molecule has 0 bridgehead atoms. The summed E-state index contributed by atoms with van der Waals surface area (Å²) in [6, 6.07) is 13.2. The van der Waals surface area contributed by atoms with Gasteiger partial charge in [-0.25, -0.2) is 4.98 Å². The van der Waals surface area contributed by atoms with Crippen LogP contribution >= 0.6 is 0 Å². The number of aryl methyl sites for hydroxylation is 1. The maximum absolute atomic E-state index is 11.4. The highest BCUT2D eigenvalue weighted by Crippen LogP contribution is 2.25. The molecule has 0 spiro atoms. The van der Waals surface area contributed by atoms with Gasteiger partial charge in [-0.1, -0.05) is 6.07 Å². The lowest BCUT2D eigenvalue weighted by Crippen LogP contribution is -2.16. The van der Waals surface area contributed by atoms with Gasteiger partial charge in [-0.15, -0.1) is 0 Å². The van der Waals surface area contributed by atoms with E-state index in [4.69, 9.17) is 9.15 Å². The largest absolute Gasteiger partial charge is 0.436 e. The van der Waals surface area contributed by atoms with Gasteiger partial charge in [-0.2, -0.15) is 0 Å². The van der Waals surface area contributed by atoms with Crippen molar-refractivity contribution < 1.29 is 13.9 Å². The van der Waals surface area contributed by atoms with Gasteiger partial charge in [0.1, 0.15) is 12.1 Å². The Balaban J connectivity index is 1.83. The number of rotatable bonds is 4. The number of hydrogen-bond acceptors (Lipinski definition) is 4. The summed E-state index contributed by atoms with van der Waals surface area (Å²) in [5.41, 5.74) is 4.31. The van der Waals surface area contributed by atoms with Crippen LogP contribution in [0.2, 0.25) is 0 Å². The summed E-state index contributed by atoms with van der Waals surface area (Å²) in [4.78, 5) is 15.9. The molecule has 0 saturated carbocycles. The van der Waals surface area contributed by atoms with Crippen molar-refractivity contribution in [2.45, 2.75) is 6.92 Å². The van der Waals surface area contributed by atoms with E-state index in [1.54, 1.807) is 0 Å². The molecule has 0 fully saturated rings. The molecule has 5 heteroatoms. The Hall–Kier alpha value is -2.66. The minimum atomic E-state index is -0.187. The second kappa shape index (κ2) is 5.99. The van der Waals surface area contributed by atoms with E-state index >= 15 is 0 Å². The Morgan fingerprint density at radius 1 is 1.23 bits per heavy atom. The van der Waals surface area contributed by atoms with E-state index in [0.29, 0.717) is 11.6 Å². The lowest BCUT2D eigenvalue weighted by molar-refractivity contribution is -0.119. The predicted octanol–water partition coefficient (Wildman–Crippen LogP) is 3.39. The molecule has 112 valence electrons. The standard InChI is InChI=1S/C17H16N2O3/c1-11-3-8-15-14(9-11)19-17(22-15)12-4-6-13(7-5-12)18-16(20)10-21-2/h3-9H,10H2,1-2H3,(H,18,20). The van der Waals surface area contributed by atoms with Gasteiger partial charge in [0.25, 0.3) is 0 Å². The zero-order chi connectivity index (χ0) is 15.5. The predicted molar refractivity (Wildman–Crippen MR) is 84.7 cm³/mol. The highest BCUT2D eigenvalue weighted by molar-refractivity contribution is 5.91. The Labute approximate surface area is 127 Å². The van der Waals surface area contributed by atoms with Crippen LogP contribution < -0.4 is 5.32 Å². The van der Waals surface area contributed by atoms with E-state index in [-0.39, 0.29) is 12.5 Å². The molecule has 5 nitrogen and oxygen atoms in total. The molecule has 3 rings (SSSR count). The smallest absolute Gasteiger partial charge is 0.250 e. The van der Waals surface area contributed by atoms with Crippen LogP contribution in [0, 0.1) is 6.92 Å². The summed E-state index contributed by atoms with van der Waals surface area (Å²) in [5, 5.41) is 2.74. The Kier molecular flexibility index (Phi) is 3.89. The Morgan fingerprint density at radius 2 is 2.00 bits per heavy atom. The molecule has 1 aromatic heterocycles. The number of nitrogens with one attached hydrogen (secondary N) is 1. The number of benzene rings is 2. The summed E-state index contributed by atoms with van der Waals surface area (Å²) in [7, 11) is 1.48. The van der Waals surface area contributed by atoms with Crippen LogP contribution in [-0.2, 0) is 9.53 Å². The van der Waals surface area contributed by atoms with Gasteiger partial charge in [0.05, 0.1) is 0 Å². The van der Waals surface area contributed by atoms with Gasteiger partial charge < -0.3 is 14.5 Å². The maximum atomic E-state index is 11.4. The van der Waals surface area contributed by atoms with E-state index in [2.05, 4.69) is 10.3 Å². The summed E-state index contributed by atoms with van der Waals surface area (Å²) >= 11 is 0. The summed E-state index contributed by atoms with van der Waals surface area (Å²) in [5.74, 6) is 0.378. The molecule has 0 aliphatic rings. The third-order valence-corrected chi connectivity index (χ3v) is 3.23. The number of carbonyl (C=O) groups is 1. The molecule has 1 amide bonds. The molecule has 0 aliphatic carbocycles. The molecule has 22 heavy (non-hydrogen) atoms. The molecule has 1 N–H and O–H groups in total. The molecule has 0 atom stereocenters. The first-order chi connectivity index (χ1) is 10.7. The Morgan fingerprint density at radius 3 is 2.73 bits per heavy atom. The fraction of sp³-hybridized carbons (Fsp3) is 0.176. The molecule has 0 radical (unpaired) electrons. The lowest BCUT2D eigenvalue weighted by Gasteiger charge is -2.04. The lowest BCUT2D eigenvalue weighted by atomic mass is 10.2. The van der Waals surface area contributed by atoms with Gasteiger partial charge in [0.2, 0.25) is 11.8 Å². The molecule has 2 aromatic carbocycles. The number of hydrogen-bond donors (Lipinski definition) is 1. The number of amides is 1. The fourth-order valence-corrected chi connectivity index (χ4v) is 2.19. The molecule has 1 heterocycles. The van der Waals surface area contributed by atoms with Crippen molar-refractivity contribution in [2.24, 2.45) is 0 Å². The molecular formula is C17H16N2O3. The number of nitrogens with zero attached hydrogens (tertiary/aromatic N) is 1. The molecular weight excluding hydrogens is 280 g/mol. The average molecular weight is 296 g/mol. The number of aromatic nitrogens is 1. The third-order valence-electron chi connectivity index (χ3n) is 3.23. The topological polar surface area (TPSA) is 64.4 Å².